The summed E-state index contributed by atoms with van der Waals surface area (Å²) in [6, 6.07) is 5.08. The molecule has 2 rings (SSSR count). The normalized spacial score (nSPS) is 16.8. The Labute approximate surface area is 106 Å². The molecule has 1 aliphatic rings. The summed E-state index contributed by atoms with van der Waals surface area (Å²) in [5.74, 6) is 0.151. The number of carbonyl (C=O) groups excluding carboxylic acids is 1. The zero-order valence-electron chi connectivity index (χ0n) is 10.4. The topological polar surface area (TPSA) is 84.6 Å². The number of nitrogen functional groups attached to an aromatic ring is 1. The van der Waals surface area contributed by atoms with Crippen molar-refractivity contribution in [2.75, 3.05) is 19.5 Å². The van der Waals surface area contributed by atoms with Gasteiger partial charge in [0.2, 0.25) is 0 Å². The molecule has 0 atom stereocenters. The molecule has 0 saturated heterocycles. The molecule has 0 unspecified atom stereocenters. The maximum Gasteiger partial charge on any atom is 0.257 e. The Morgan fingerprint density at radius 3 is 2.78 bits per heavy atom. The molecule has 1 saturated carbocycles. The fraction of sp³-hybridized carbons (Fsp3) is 0.462. The van der Waals surface area contributed by atoms with Crippen molar-refractivity contribution in [3.63, 3.8) is 0 Å². The number of methoxy groups -OCH3 is 1. The van der Waals surface area contributed by atoms with Crippen molar-refractivity contribution < 1.29 is 14.6 Å². The lowest BCUT2D eigenvalue weighted by atomic mass is 9.77. The highest BCUT2D eigenvalue weighted by Gasteiger charge is 2.38. The van der Waals surface area contributed by atoms with Crippen LogP contribution in [0.2, 0.25) is 0 Å². The number of carbonyl (C=O) groups is 1. The van der Waals surface area contributed by atoms with E-state index in [1.165, 1.54) is 7.11 Å². The quantitative estimate of drug-likeness (QED) is 0.694. The first kappa shape index (κ1) is 12.7. The van der Waals surface area contributed by atoms with Crippen LogP contribution in [0.4, 0.5) is 5.69 Å². The second-order valence-corrected chi connectivity index (χ2v) is 4.67. The largest absolute Gasteiger partial charge is 0.496 e. The molecule has 1 amide bonds. The van der Waals surface area contributed by atoms with Crippen molar-refractivity contribution in [3.05, 3.63) is 23.8 Å². The van der Waals surface area contributed by atoms with Gasteiger partial charge >= 0.3 is 0 Å². The Morgan fingerprint density at radius 2 is 2.28 bits per heavy atom. The highest BCUT2D eigenvalue weighted by atomic mass is 16.5. The van der Waals surface area contributed by atoms with Crippen LogP contribution in [0.3, 0.4) is 0 Å². The van der Waals surface area contributed by atoms with Gasteiger partial charge in [0, 0.05) is 5.69 Å². The molecule has 1 aromatic carbocycles. The number of nitrogens with one attached hydrogen (secondary N) is 1. The molecule has 0 bridgehead atoms. The fourth-order valence-corrected chi connectivity index (χ4v) is 2.19. The van der Waals surface area contributed by atoms with Gasteiger partial charge in [0.15, 0.2) is 0 Å². The second kappa shape index (κ2) is 4.86. The van der Waals surface area contributed by atoms with Gasteiger partial charge < -0.3 is 20.9 Å². The first-order chi connectivity index (χ1) is 8.62. The molecule has 0 spiro atoms. The van der Waals surface area contributed by atoms with Gasteiger partial charge in [0.05, 0.1) is 19.3 Å². The number of anilines is 1. The summed E-state index contributed by atoms with van der Waals surface area (Å²) in [4.78, 5) is 12.2. The van der Waals surface area contributed by atoms with E-state index in [0.717, 1.165) is 19.3 Å². The summed E-state index contributed by atoms with van der Waals surface area (Å²) in [5, 5.41) is 12.2. The molecular formula is C13H18N2O3. The number of amides is 1. The molecule has 1 fully saturated rings. The van der Waals surface area contributed by atoms with Crippen molar-refractivity contribution in [3.8, 4) is 5.75 Å². The number of benzene rings is 1. The number of ether oxygens (including phenoxy) is 1. The molecule has 98 valence electrons. The molecule has 5 heteroatoms. The number of rotatable bonds is 4. The van der Waals surface area contributed by atoms with Gasteiger partial charge in [-0.15, -0.1) is 0 Å². The number of nitrogens with two attached hydrogens (primary N) is 1. The lowest BCUT2D eigenvalue weighted by Crippen LogP contribution is -2.56. The number of hydrogen-bond acceptors (Lipinski definition) is 4. The average molecular weight is 250 g/mol. The summed E-state index contributed by atoms with van der Waals surface area (Å²) < 4.78 is 5.14. The summed E-state index contributed by atoms with van der Waals surface area (Å²) in [7, 11) is 1.50. The first-order valence-electron chi connectivity index (χ1n) is 5.98. The SMILES string of the molecule is COc1cccc(N)c1C(=O)NC1(CO)CCC1. The summed E-state index contributed by atoms with van der Waals surface area (Å²) >= 11 is 0. The minimum Gasteiger partial charge on any atom is -0.496 e. The van der Waals surface area contributed by atoms with Gasteiger partial charge in [0.1, 0.15) is 11.3 Å². The molecular weight excluding hydrogens is 232 g/mol. The highest BCUT2D eigenvalue weighted by molar-refractivity contribution is 6.02. The monoisotopic (exact) mass is 250 g/mol. The van der Waals surface area contributed by atoms with E-state index < -0.39 is 5.54 Å². The van der Waals surface area contributed by atoms with Crippen LogP contribution in [-0.2, 0) is 0 Å². The lowest BCUT2D eigenvalue weighted by molar-refractivity contribution is 0.0640. The third-order valence-electron chi connectivity index (χ3n) is 3.50. The number of aliphatic hydroxyl groups is 1. The Bertz CT molecular complexity index is 450. The number of hydrogen-bond donors (Lipinski definition) is 3. The van der Waals surface area contributed by atoms with Gasteiger partial charge in [-0.2, -0.15) is 0 Å². The molecule has 0 aliphatic heterocycles. The van der Waals surface area contributed by atoms with E-state index in [1.54, 1.807) is 18.2 Å². The van der Waals surface area contributed by atoms with Crippen LogP contribution >= 0.6 is 0 Å². The van der Waals surface area contributed by atoms with Crippen LogP contribution in [0.15, 0.2) is 18.2 Å². The average Bonchev–Trinajstić information content (AvgIpc) is 2.33. The third kappa shape index (κ3) is 2.13. The van der Waals surface area contributed by atoms with Gasteiger partial charge in [-0.25, -0.2) is 0 Å². The third-order valence-corrected chi connectivity index (χ3v) is 3.50. The summed E-state index contributed by atoms with van der Waals surface area (Å²) in [6.07, 6.45) is 2.61. The summed E-state index contributed by atoms with van der Waals surface area (Å²) in [5.41, 5.74) is 6.04. The molecule has 5 nitrogen and oxygen atoms in total. The van der Waals surface area contributed by atoms with E-state index in [-0.39, 0.29) is 12.5 Å². The Hall–Kier alpha value is -1.75. The van der Waals surface area contributed by atoms with Crippen molar-refractivity contribution in [2.24, 2.45) is 0 Å². The Balaban J connectivity index is 2.23. The molecule has 18 heavy (non-hydrogen) atoms. The minimum absolute atomic E-state index is 0.0478. The molecule has 4 N–H and O–H groups in total. The predicted octanol–water partition coefficient (Wildman–Crippen LogP) is 0.922. The maximum absolute atomic E-state index is 12.2. The van der Waals surface area contributed by atoms with Crippen molar-refractivity contribution in [2.45, 2.75) is 24.8 Å². The summed E-state index contributed by atoms with van der Waals surface area (Å²) in [6.45, 7) is -0.0478. The van der Waals surface area contributed by atoms with Gasteiger partial charge in [-0.3, -0.25) is 4.79 Å². The molecule has 0 radical (unpaired) electrons. The fourth-order valence-electron chi connectivity index (χ4n) is 2.19. The van der Waals surface area contributed by atoms with Crippen LogP contribution in [0, 0.1) is 0 Å². The van der Waals surface area contributed by atoms with E-state index in [2.05, 4.69) is 5.32 Å². The maximum atomic E-state index is 12.2. The Kier molecular flexibility index (Phi) is 3.43. The van der Waals surface area contributed by atoms with E-state index >= 15 is 0 Å². The van der Waals surface area contributed by atoms with Crippen LogP contribution in [0.5, 0.6) is 5.75 Å². The van der Waals surface area contributed by atoms with Crippen LogP contribution in [-0.4, -0.2) is 30.3 Å². The van der Waals surface area contributed by atoms with Crippen LogP contribution in [0.1, 0.15) is 29.6 Å². The van der Waals surface area contributed by atoms with Gasteiger partial charge in [-0.1, -0.05) is 6.07 Å². The van der Waals surface area contributed by atoms with Crippen LogP contribution in [0.25, 0.3) is 0 Å². The first-order valence-corrected chi connectivity index (χ1v) is 5.98. The lowest BCUT2D eigenvalue weighted by Gasteiger charge is -2.41. The smallest absolute Gasteiger partial charge is 0.257 e. The van der Waals surface area contributed by atoms with Crippen molar-refractivity contribution in [1.82, 2.24) is 5.32 Å². The molecule has 1 aromatic rings. The van der Waals surface area contributed by atoms with Crippen LogP contribution < -0.4 is 15.8 Å². The number of aliphatic hydroxyl groups excluding tert-OH is 1. The molecule has 1 aliphatic carbocycles. The van der Waals surface area contributed by atoms with E-state index in [9.17, 15) is 9.90 Å². The standard InChI is InChI=1S/C13H18N2O3/c1-18-10-5-2-4-9(14)11(10)12(17)15-13(8-16)6-3-7-13/h2,4-5,16H,3,6-8,14H2,1H3,(H,15,17). The zero-order chi connectivity index (χ0) is 13.2. The zero-order valence-corrected chi connectivity index (χ0v) is 10.4. The molecule has 0 aromatic heterocycles. The predicted molar refractivity (Wildman–Crippen MR) is 68.5 cm³/mol. The van der Waals surface area contributed by atoms with Gasteiger partial charge in [-0.05, 0) is 31.4 Å². The second-order valence-electron chi connectivity index (χ2n) is 4.67. The van der Waals surface area contributed by atoms with Crippen molar-refractivity contribution >= 4 is 11.6 Å². The van der Waals surface area contributed by atoms with E-state index in [0.29, 0.717) is 17.0 Å². The van der Waals surface area contributed by atoms with E-state index in [1.807, 2.05) is 0 Å². The Morgan fingerprint density at radius 1 is 1.56 bits per heavy atom. The van der Waals surface area contributed by atoms with Gasteiger partial charge in [0.25, 0.3) is 5.91 Å². The molecule has 0 heterocycles. The van der Waals surface area contributed by atoms with Crippen molar-refractivity contribution in [1.29, 1.82) is 0 Å². The van der Waals surface area contributed by atoms with E-state index in [4.69, 9.17) is 10.5 Å². The highest BCUT2D eigenvalue weighted by Crippen LogP contribution is 2.33. The minimum atomic E-state index is -0.482.